The molecule has 1 aromatic carbocycles. The van der Waals surface area contributed by atoms with Crippen molar-refractivity contribution in [3.63, 3.8) is 0 Å². The molecular weight excluding hydrogens is 300 g/mol. The maximum absolute atomic E-state index is 5.79. The summed E-state index contributed by atoms with van der Waals surface area (Å²) in [5, 5.41) is 0. The molecule has 1 aromatic rings. The lowest BCUT2D eigenvalue weighted by atomic mass is 9.95. The van der Waals surface area contributed by atoms with Crippen molar-refractivity contribution >= 4 is 49.8 Å². The van der Waals surface area contributed by atoms with Gasteiger partial charge in [0.2, 0.25) is 0 Å². The molecule has 0 spiro atoms. The van der Waals surface area contributed by atoms with E-state index in [9.17, 15) is 0 Å². The smallest absolute Gasteiger partial charge is 0.155 e. The van der Waals surface area contributed by atoms with Crippen LogP contribution >= 0.6 is 45.6 Å². The molecule has 2 rings (SSSR count). The molecule has 1 nitrogen and oxygen atoms in total. The number of ether oxygens (including phenoxy) is 1. The third-order valence-corrected chi connectivity index (χ3v) is 7.22. The molecule has 1 heterocycles. The van der Waals surface area contributed by atoms with Crippen LogP contribution in [0.1, 0.15) is 12.5 Å². The van der Waals surface area contributed by atoms with Crippen LogP contribution in [-0.4, -0.2) is 17.1 Å². The lowest BCUT2D eigenvalue weighted by molar-refractivity contribution is 0.0947. The largest absolute Gasteiger partial charge is 0.363 e. The van der Waals surface area contributed by atoms with Crippen molar-refractivity contribution in [3.8, 4) is 0 Å². The second kappa shape index (κ2) is 6.48. The Morgan fingerprint density at radius 2 is 2.00 bits per heavy atom. The van der Waals surface area contributed by atoms with E-state index in [0.717, 1.165) is 15.5 Å². The minimum atomic E-state index is -0.565. The van der Waals surface area contributed by atoms with Gasteiger partial charge in [0.1, 0.15) is 0 Å². The lowest BCUT2D eigenvalue weighted by Crippen LogP contribution is -2.34. The maximum Gasteiger partial charge on any atom is 0.155 e. The Morgan fingerprint density at radius 1 is 1.28 bits per heavy atom. The second-order valence-corrected chi connectivity index (χ2v) is 8.07. The number of hydrogen-bond donors (Lipinski definition) is 0. The van der Waals surface area contributed by atoms with Crippen LogP contribution in [-0.2, 0) is 10.3 Å². The van der Waals surface area contributed by atoms with E-state index in [-0.39, 0.29) is 0 Å². The van der Waals surface area contributed by atoms with E-state index in [1.165, 1.54) is 4.24 Å². The first-order chi connectivity index (χ1) is 8.73. The monoisotopic (exact) mass is 314 g/mol. The molecule has 0 aliphatic carbocycles. The number of rotatable bonds is 4. The van der Waals surface area contributed by atoms with Crippen molar-refractivity contribution in [1.29, 1.82) is 0 Å². The highest BCUT2D eigenvalue weighted by molar-refractivity contribution is 8.86. The van der Waals surface area contributed by atoms with E-state index >= 15 is 0 Å². The molecule has 96 valence electrons. The molecule has 0 N–H and O–H groups in total. The van der Waals surface area contributed by atoms with Gasteiger partial charge < -0.3 is 4.74 Å². The van der Waals surface area contributed by atoms with Crippen LogP contribution in [0.25, 0.3) is 0 Å². The van der Waals surface area contributed by atoms with Crippen molar-refractivity contribution in [2.24, 2.45) is 0 Å². The predicted molar refractivity (Wildman–Crippen MR) is 89.1 cm³/mol. The number of thioether (sulfide) groups is 1. The first-order valence-electron chi connectivity index (χ1n) is 5.58. The molecule has 0 aromatic heterocycles. The Balaban J connectivity index is 2.46. The Labute approximate surface area is 126 Å². The van der Waals surface area contributed by atoms with Crippen molar-refractivity contribution < 1.29 is 4.74 Å². The van der Waals surface area contributed by atoms with E-state index in [1.54, 1.807) is 28.7 Å². The average Bonchev–Trinajstić information content (AvgIpc) is 2.42. The van der Waals surface area contributed by atoms with Gasteiger partial charge in [-0.25, -0.2) is 0 Å². The van der Waals surface area contributed by atoms with Gasteiger partial charge in [0, 0.05) is 7.11 Å². The van der Waals surface area contributed by atoms with Crippen LogP contribution in [0.4, 0.5) is 0 Å². The molecule has 0 amide bonds. The summed E-state index contributed by atoms with van der Waals surface area (Å²) in [5.74, 6) is 1.06. The molecule has 0 fully saturated rings. The third kappa shape index (κ3) is 2.80. The summed E-state index contributed by atoms with van der Waals surface area (Å²) in [6, 6.07) is 10.2. The molecule has 1 aliphatic rings. The van der Waals surface area contributed by atoms with Crippen LogP contribution in [0.5, 0.6) is 0 Å². The topological polar surface area (TPSA) is 9.23 Å². The normalized spacial score (nSPS) is 23.9. The summed E-state index contributed by atoms with van der Waals surface area (Å²) in [6.45, 7) is 2.15. The van der Waals surface area contributed by atoms with Gasteiger partial charge in [-0.15, -0.1) is 11.8 Å². The highest BCUT2D eigenvalue weighted by atomic mass is 33.1. The molecule has 0 bridgehead atoms. The fraction of sp³-hybridized carbons (Fsp3) is 0.308. The van der Waals surface area contributed by atoms with Crippen molar-refractivity contribution in [2.45, 2.75) is 12.5 Å². The number of benzene rings is 1. The fourth-order valence-electron chi connectivity index (χ4n) is 1.74. The fourth-order valence-corrected chi connectivity index (χ4v) is 5.88. The van der Waals surface area contributed by atoms with Crippen molar-refractivity contribution in [2.75, 3.05) is 12.9 Å². The average molecular weight is 315 g/mol. The van der Waals surface area contributed by atoms with Gasteiger partial charge in [-0.2, -0.15) is 0 Å². The van der Waals surface area contributed by atoms with Crippen molar-refractivity contribution in [3.05, 3.63) is 46.2 Å². The number of thiocarbonyl (C=S) groups is 1. The molecule has 5 heteroatoms. The zero-order valence-electron chi connectivity index (χ0n) is 10.2. The molecule has 1 atom stereocenters. The van der Waals surface area contributed by atoms with Gasteiger partial charge in [-0.1, -0.05) is 49.5 Å². The summed E-state index contributed by atoms with van der Waals surface area (Å²) in [4.78, 5) is 0. The van der Waals surface area contributed by atoms with E-state index in [2.05, 4.69) is 25.1 Å². The van der Waals surface area contributed by atoms with Crippen LogP contribution in [0.2, 0.25) is 0 Å². The van der Waals surface area contributed by atoms with E-state index in [1.807, 2.05) is 30.0 Å². The molecule has 18 heavy (non-hydrogen) atoms. The Hall–Kier alpha value is 0.0600. The molecule has 0 saturated carbocycles. The number of hydrogen-bond acceptors (Lipinski definition) is 5. The van der Waals surface area contributed by atoms with Crippen LogP contribution in [0.15, 0.2) is 40.6 Å². The quantitative estimate of drug-likeness (QED) is 0.579. The first-order valence-corrected chi connectivity index (χ1v) is 9.12. The SMILES string of the molecule is CCSC1=CC(OC)(c2ccccc2)C(=S)SS1. The molecule has 0 radical (unpaired) electrons. The minimum absolute atomic E-state index is 0.565. The highest BCUT2D eigenvalue weighted by Crippen LogP contribution is 2.50. The molecule has 1 aliphatic heterocycles. The van der Waals surface area contributed by atoms with E-state index in [0.29, 0.717) is 0 Å². The van der Waals surface area contributed by atoms with Gasteiger partial charge in [-0.05, 0) is 39.0 Å². The minimum Gasteiger partial charge on any atom is -0.363 e. The molecular formula is C13H14OS4. The molecule has 1 unspecified atom stereocenters. The lowest BCUT2D eigenvalue weighted by Gasteiger charge is -2.33. The Kier molecular flexibility index (Phi) is 5.21. The summed E-state index contributed by atoms with van der Waals surface area (Å²) < 4.78 is 7.92. The van der Waals surface area contributed by atoms with E-state index in [4.69, 9.17) is 17.0 Å². The number of methoxy groups -OCH3 is 1. The van der Waals surface area contributed by atoms with Gasteiger partial charge in [0.15, 0.2) is 5.60 Å². The van der Waals surface area contributed by atoms with Crippen LogP contribution in [0, 0.1) is 0 Å². The second-order valence-electron chi connectivity index (χ2n) is 3.66. The van der Waals surface area contributed by atoms with Crippen molar-refractivity contribution in [1.82, 2.24) is 0 Å². The van der Waals surface area contributed by atoms with Gasteiger partial charge in [0.25, 0.3) is 0 Å². The molecule has 0 saturated heterocycles. The van der Waals surface area contributed by atoms with Crippen LogP contribution in [0.3, 0.4) is 0 Å². The Morgan fingerprint density at radius 3 is 2.61 bits per heavy atom. The Bertz CT molecular complexity index is 457. The first kappa shape index (κ1) is 14.5. The predicted octanol–water partition coefficient (Wildman–Crippen LogP) is 4.85. The maximum atomic E-state index is 5.79. The zero-order valence-corrected chi connectivity index (χ0v) is 13.5. The van der Waals surface area contributed by atoms with Gasteiger partial charge >= 0.3 is 0 Å². The van der Waals surface area contributed by atoms with Gasteiger partial charge in [0.05, 0.1) is 8.43 Å². The van der Waals surface area contributed by atoms with Gasteiger partial charge in [-0.3, -0.25) is 0 Å². The standard InChI is InChI=1S/C13H14OS4/c1-3-16-11-9-13(14-2,12(15)18-17-11)10-7-5-4-6-8-10/h4-9H,3H2,1-2H3. The summed E-state index contributed by atoms with van der Waals surface area (Å²) in [6.07, 6.45) is 2.15. The summed E-state index contributed by atoms with van der Waals surface area (Å²) >= 11 is 7.35. The third-order valence-electron chi connectivity index (χ3n) is 2.64. The summed E-state index contributed by atoms with van der Waals surface area (Å²) in [5.41, 5.74) is 0.531. The van der Waals surface area contributed by atoms with E-state index < -0.39 is 5.60 Å². The highest BCUT2D eigenvalue weighted by Gasteiger charge is 2.39. The van der Waals surface area contributed by atoms with Crippen LogP contribution < -0.4 is 0 Å². The summed E-state index contributed by atoms with van der Waals surface area (Å²) in [7, 11) is 5.08. The zero-order chi connectivity index (χ0) is 13.0.